The van der Waals surface area contributed by atoms with E-state index in [1.54, 1.807) is 14.1 Å². The lowest BCUT2D eigenvalue weighted by molar-refractivity contribution is -0.127. The zero-order valence-electron chi connectivity index (χ0n) is 76.6. The molecular formula is C79H178N28O14. The van der Waals surface area contributed by atoms with E-state index in [0.717, 1.165) is 68.7 Å². The summed E-state index contributed by atoms with van der Waals surface area (Å²) in [4.78, 5) is 139. The molecule has 0 saturated carbocycles. The van der Waals surface area contributed by atoms with Gasteiger partial charge in [-0.2, -0.15) is 0 Å². The molecule has 0 bridgehead atoms. The third kappa shape index (κ3) is 127. The van der Waals surface area contributed by atoms with Gasteiger partial charge in [0.2, 0.25) is 23.6 Å². The molecule has 4 heterocycles. The number of hydrogen-bond donors (Lipinski definition) is 26. The van der Waals surface area contributed by atoms with Gasteiger partial charge in [0.1, 0.15) is 80.0 Å². The number of hydrogen-bond acceptors (Lipinski definition) is 32. The van der Waals surface area contributed by atoms with Gasteiger partial charge in [-0.15, -0.1) is 0 Å². The molecule has 4 aromatic carbocycles. The summed E-state index contributed by atoms with van der Waals surface area (Å²) in [7, 11) is 3.12. The summed E-state index contributed by atoms with van der Waals surface area (Å²) in [6.07, 6.45) is 18.6. The van der Waals surface area contributed by atoms with E-state index in [1.165, 1.54) is 105 Å². The van der Waals surface area contributed by atoms with Crippen LogP contribution in [0.3, 0.4) is 0 Å². The number of carbonyl (C=O) groups excluding carboxylic acids is 14. The van der Waals surface area contributed by atoms with Gasteiger partial charge in [-0.25, -0.2) is 0 Å². The van der Waals surface area contributed by atoms with Crippen LogP contribution in [0.5, 0.6) is 0 Å². The van der Waals surface area contributed by atoms with E-state index < -0.39 is 12.1 Å². The molecule has 121 heavy (non-hydrogen) atoms. The summed E-state index contributed by atoms with van der Waals surface area (Å²) in [5, 5.41) is 19.5. The highest BCUT2D eigenvalue weighted by atomic mass is 16.2. The smallest absolute Gasteiger partial charge is 0.242 e. The Balaban J connectivity index is -0.0000000340. The minimum Gasteiger partial charge on any atom is -0.370 e. The number of benzene rings is 4. The largest absolute Gasteiger partial charge is 0.370 e. The van der Waals surface area contributed by atoms with Crippen molar-refractivity contribution in [2.24, 2.45) is 38.8 Å². The first-order valence-corrected chi connectivity index (χ1v) is 34.5. The van der Waals surface area contributed by atoms with Gasteiger partial charge in [0.15, 0.2) is 11.9 Å². The Bertz CT molecular complexity index is 2700. The van der Waals surface area contributed by atoms with Gasteiger partial charge in [0.25, 0.3) is 0 Å². The van der Waals surface area contributed by atoms with E-state index in [2.05, 4.69) is 161 Å². The number of nitrogens with zero attached hydrogens (tertiary/aromatic N) is 2. The van der Waals surface area contributed by atoms with Crippen molar-refractivity contribution in [1.29, 1.82) is 0 Å². The lowest BCUT2D eigenvalue weighted by atomic mass is 10.1. The number of aryl methyl sites for hydroxylation is 2. The number of unbranched alkanes of at least 4 members (excludes halogenated alkanes) is 2. The van der Waals surface area contributed by atoms with Gasteiger partial charge < -0.3 is 199 Å². The van der Waals surface area contributed by atoms with E-state index >= 15 is 0 Å². The van der Waals surface area contributed by atoms with E-state index in [1.807, 2.05) is 142 Å². The standard InChI is InChI=1S/2C12H16N2O2.2C10H11N.2C5H13N3.C5H12.2C4H9N.C2H6.10CH2O.14H3N/c2*1-9(15)14-11(12(16)13-2)8-10-6-4-3-5-7-10;2*1-2-8-7-11-10-6-4-3-5-9(8)10;2*1-2-3-4-8-5(6)7;1-4-5(2)3;2*1-2-4-5-3-1;11*1-2;;;;;;;;;;;;;;/h2*3-7,11H,8H2,1-2H3,(H,13,16)(H,14,15);2*3-7,11H,2H2,1H3;2*2-4H2,1H3,(H4,6,7,8);5H,4H2,1-3H3;2*5H,1-4H2;1-2H3;10*1H2;14*1H3/t2*11-;;;;;;;;;;;;;;;;;;;;;;;;;;;;;;;;/m00................................/s1. The van der Waals surface area contributed by atoms with Crippen molar-refractivity contribution in [3.63, 3.8) is 0 Å². The summed E-state index contributed by atoms with van der Waals surface area (Å²) in [5.74, 6) is 0.499. The number of aromatic amines is 2. The molecule has 42 nitrogen and oxygen atoms in total. The van der Waals surface area contributed by atoms with E-state index in [9.17, 15) is 19.2 Å². The van der Waals surface area contributed by atoms with E-state index in [0.29, 0.717) is 12.8 Å². The molecule has 58 N–H and O–H groups in total. The average Bonchev–Trinajstić information content (AvgIpc) is 1.71. The van der Waals surface area contributed by atoms with E-state index in [-0.39, 0.29) is 122 Å². The van der Waals surface area contributed by atoms with Gasteiger partial charge >= 0.3 is 0 Å². The van der Waals surface area contributed by atoms with Crippen molar-refractivity contribution < 1.29 is 67.1 Å². The SMILES string of the molecule is C1CCNC1.C1CCNC1.C=O.C=O.C=O.C=O.C=O.C=O.C=O.C=O.C=O.C=O.CC.CCC(C)C.CCCCN=C(N)N.CCCCN=C(N)N.CCc1c[nH]c2ccccc12.CCc1c[nH]c2ccccc12.CNC(=O)[C@H](Cc1ccccc1)NC(C)=O.CNC(=O)[C@H](Cc1ccccc1)NC(C)=O.N.N.N.N.N.N.N.N.N.N.N.N.N.N. The topological polar surface area (TPSA) is 962 Å². The molecule has 2 aliphatic rings. The Kier molecular flexibility index (Phi) is 244. The van der Waals surface area contributed by atoms with Crippen molar-refractivity contribution in [2.75, 3.05) is 53.4 Å². The normalized spacial score (nSPS) is 8.91. The lowest BCUT2D eigenvalue weighted by Crippen LogP contribution is -2.46. The molecule has 2 atom stereocenters. The number of rotatable bonds is 17. The van der Waals surface area contributed by atoms with Crippen LogP contribution in [0.4, 0.5) is 0 Å². The molecule has 2 fully saturated rings. The van der Waals surface area contributed by atoms with Crippen LogP contribution < -0.4 is 141 Å². The number of amides is 4. The number of para-hydroxylation sites is 2. The molecule has 6 aromatic rings. The van der Waals surface area contributed by atoms with Crippen LogP contribution >= 0.6 is 0 Å². The molecule has 0 spiro atoms. The summed E-state index contributed by atoms with van der Waals surface area (Å²) in [6, 6.07) is 34.9. The fourth-order valence-corrected chi connectivity index (χ4v) is 7.79. The van der Waals surface area contributed by atoms with Crippen molar-refractivity contribution in [2.45, 2.75) is 172 Å². The molecule has 2 aliphatic heterocycles. The number of nitrogens with one attached hydrogen (secondary N) is 8. The molecule has 0 radical (unpaired) electrons. The number of fused-ring (bicyclic) bond motifs is 2. The molecular weight excluding hydrogens is 1570 g/mol. The Labute approximate surface area is 725 Å². The van der Waals surface area contributed by atoms with Crippen LogP contribution in [0.25, 0.3) is 21.8 Å². The van der Waals surface area contributed by atoms with Crippen LogP contribution in [0.2, 0.25) is 0 Å². The van der Waals surface area contributed by atoms with Gasteiger partial charge in [-0.1, -0.05) is 179 Å². The van der Waals surface area contributed by atoms with Crippen LogP contribution in [0.1, 0.15) is 156 Å². The van der Waals surface area contributed by atoms with Gasteiger partial charge in [-0.05, 0) is 118 Å². The number of nitrogens with two attached hydrogens (primary N) is 4. The maximum absolute atomic E-state index is 11.5. The monoisotopic (exact) mass is 1740 g/mol. The molecule has 0 unspecified atom stereocenters. The first-order chi connectivity index (χ1) is 51.9. The molecule has 0 aliphatic carbocycles. The van der Waals surface area contributed by atoms with Crippen LogP contribution in [0.15, 0.2) is 132 Å². The number of H-pyrrole nitrogens is 2. The second-order valence-electron chi connectivity index (χ2n) is 20.6. The molecule has 4 amide bonds. The van der Waals surface area contributed by atoms with Crippen molar-refractivity contribution in [3.05, 3.63) is 144 Å². The number of guanidine groups is 2. The number of aromatic nitrogens is 2. The van der Waals surface area contributed by atoms with Crippen LogP contribution in [-0.2, 0) is 92.8 Å². The lowest BCUT2D eigenvalue weighted by Gasteiger charge is -2.16. The number of carbonyl (C=O) groups is 14. The summed E-state index contributed by atoms with van der Waals surface area (Å²) >= 11 is 0. The highest BCUT2D eigenvalue weighted by molar-refractivity contribution is 5.88. The molecule has 8 rings (SSSR count). The van der Waals surface area contributed by atoms with E-state index in [4.69, 9.17) is 70.9 Å². The van der Waals surface area contributed by atoms with Crippen molar-refractivity contribution in [1.82, 2.24) is 128 Å². The van der Waals surface area contributed by atoms with Crippen molar-refractivity contribution in [3.8, 4) is 0 Å². The zero-order chi connectivity index (χ0) is 85.5. The Morgan fingerprint density at radius 2 is 0.612 bits per heavy atom. The fraction of sp³-hybridized carbons (Fsp3) is 0.443. The van der Waals surface area contributed by atoms with Gasteiger partial charge in [-0.3, -0.25) is 29.2 Å². The third-order valence-corrected chi connectivity index (χ3v) is 12.9. The summed E-state index contributed by atoms with van der Waals surface area (Å²) < 4.78 is 0. The first-order valence-electron chi connectivity index (χ1n) is 34.5. The second-order valence-corrected chi connectivity index (χ2v) is 20.6. The minimum absolute atomic E-state index is 0. The highest BCUT2D eigenvalue weighted by Crippen LogP contribution is 2.18. The Morgan fingerprint density at radius 1 is 0.388 bits per heavy atom. The Morgan fingerprint density at radius 3 is 0.785 bits per heavy atom. The minimum atomic E-state index is -0.509. The Hall–Kier alpha value is -11.6. The average molecular weight is 1740 g/mol. The third-order valence-electron chi connectivity index (χ3n) is 12.9. The fourth-order valence-electron chi connectivity index (χ4n) is 7.79. The summed E-state index contributed by atoms with van der Waals surface area (Å²) in [5.41, 5.74) is 27.6. The molecule has 718 valence electrons. The maximum Gasteiger partial charge on any atom is 0.242 e. The predicted octanol–water partition coefficient (Wildman–Crippen LogP) is 10.8. The number of likely N-dealkylation sites (N-methyl/N-ethyl adjacent to an activating group) is 2. The highest BCUT2D eigenvalue weighted by Gasteiger charge is 2.19. The molecule has 2 aromatic heterocycles. The first kappa shape index (κ1) is 185. The van der Waals surface area contributed by atoms with Crippen LogP contribution in [-0.4, -0.2) is 179 Å². The quantitative estimate of drug-likeness (QED) is 0.0229. The predicted molar refractivity (Wildman–Crippen MR) is 512 cm³/mol. The van der Waals surface area contributed by atoms with Gasteiger partial charge in [0.05, 0.1) is 0 Å². The number of aliphatic imine (C=N–C) groups is 2. The maximum atomic E-state index is 11.5. The molecule has 2 saturated heterocycles. The summed E-state index contributed by atoms with van der Waals surface area (Å²) in [6.45, 7) is 48.5. The van der Waals surface area contributed by atoms with Gasteiger partial charge in [0, 0.05) is 88.1 Å². The van der Waals surface area contributed by atoms with Crippen molar-refractivity contribution >= 4 is 125 Å². The second kappa shape index (κ2) is 160. The zero-order valence-corrected chi connectivity index (χ0v) is 76.6. The molecule has 42 heteroatoms. The van der Waals surface area contributed by atoms with Crippen LogP contribution in [0, 0.1) is 5.92 Å².